The molecule has 0 spiro atoms. The number of rotatable bonds is 6. The minimum Gasteiger partial charge on any atom is -0.334 e. The number of hydrogen-bond donors (Lipinski definition) is 0. The van der Waals surface area contributed by atoms with Gasteiger partial charge in [0.15, 0.2) is 0 Å². The van der Waals surface area contributed by atoms with E-state index >= 15 is 0 Å². The number of benzene rings is 1. The van der Waals surface area contributed by atoms with Crippen LogP contribution < -0.4 is 0 Å². The van der Waals surface area contributed by atoms with Gasteiger partial charge in [-0.1, -0.05) is 42.0 Å². The summed E-state index contributed by atoms with van der Waals surface area (Å²) >= 11 is 1.67. The zero-order valence-electron chi connectivity index (χ0n) is 11.7. The molecule has 0 saturated carbocycles. The largest absolute Gasteiger partial charge is 0.334 e. The molecule has 0 aliphatic carbocycles. The van der Waals surface area contributed by atoms with Gasteiger partial charge in [0.25, 0.3) is 0 Å². The first-order chi connectivity index (χ1) is 9.69. The zero-order valence-corrected chi connectivity index (χ0v) is 12.5. The molecule has 0 fully saturated rings. The Bertz CT molecular complexity index is 557. The second-order valence-corrected chi connectivity index (χ2v) is 5.84. The van der Waals surface area contributed by atoms with Crippen molar-refractivity contribution in [3.63, 3.8) is 0 Å². The van der Waals surface area contributed by atoms with Crippen LogP contribution in [0.5, 0.6) is 0 Å². The molecule has 0 aliphatic heterocycles. The summed E-state index contributed by atoms with van der Waals surface area (Å²) in [6, 6.07) is 12.2. The number of aryl methyl sites for hydroxylation is 1. The fourth-order valence-corrected chi connectivity index (χ4v) is 2.71. The molecule has 104 valence electrons. The van der Waals surface area contributed by atoms with Gasteiger partial charge in [0, 0.05) is 11.4 Å². The Morgan fingerprint density at radius 2 is 2.05 bits per heavy atom. The minimum absolute atomic E-state index is 0.141. The first-order valence-electron chi connectivity index (χ1n) is 6.65. The molecule has 0 saturated heterocycles. The van der Waals surface area contributed by atoms with E-state index in [1.165, 1.54) is 10.4 Å². The average Bonchev–Trinajstić information content (AvgIpc) is 2.94. The van der Waals surface area contributed by atoms with Crippen LogP contribution in [0.25, 0.3) is 0 Å². The molecule has 0 bridgehead atoms. The Morgan fingerprint density at radius 3 is 2.65 bits per heavy atom. The van der Waals surface area contributed by atoms with Crippen molar-refractivity contribution >= 4 is 17.2 Å². The van der Waals surface area contributed by atoms with E-state index < -0.39 is 0 Å². The molecule has 0 atom stereocenters. The lowest BCUT2D eigenvalue weighted by Gasteiger charge is -2.20. The van der Waals surface area contributed by atoms with Crippen LogP contribution in [-0.2, 0) is 17.8 Å². The monoisotopic (exact) mass is 285 g/mol. The molecule has 0 aliphatic rings. The van der Waals surface area contributed by atoms with Crippen molar-refractivity contribution in [1.29, 1.82) is 0 Å². The van der Waals surface area contributed by atoms with Crippen LogP contribution in [0.2, 0.25) is 0 Å². The van der Waals surface area contributed by atoms with E-state index in [1.807, 2.05) is 47.5 Å². The van der Waals surface area contributed by atoms with Crippen molar-refractivity contribution in [3.8, 4) is 0 Å². The van der Waals surface area contributed by atoms with Gasteiger partial charge >= 0.3 is 0 Å². The molecule has 1 heterocycles. The van der Waals surface area contributed by atoms with Gasteiger partial charge in [-0.15, -0.1) is 17.9 Å². The zero-order chi connectivity index (χ0) is 14.4. The molecule has 2 aromatic rings. The van der Waals surface area contributed by atoms with Crippen molar-refractivity contribution in [2.24, 2.45) is 0 Å². The average molecular weight is 285 g/mol. The van der Waals surface area contributed by atoms with Crippen LogP contribution >= 0.6 is 11.3 Å². The molecule has 1 aromatic heterocycles. The number of carbonyl (C=O) groups is 1. The minimum atomic E-state index is 0.141. The van der Waals surface area contributed by atoms with E-state index in [0.29, 0.717) is 19.5 Å². The third kappa shape index (κ3) is 4.07. The number of amides is 1. The molecule has 1 aromatic carbocycles. The van der Waals surface area contributed by atoms with E-state index in [9.17, 15) is 4.79 Å². The second-order valence-electron chi connectivity index (χ2n) is 4.80. The normalized spacial score (nSPS) is 10.2. The summed E-state index contributed by atoms with van der Waals surface area (Å²) in [4.78, 5) is 15.4. The van der Waals surface area contributed by atoms with Gasteiger partial charge in [0.05, 0.1) is 13.0 Å². The Labute approximate surface area is 124 Å². The van der Waals surface area contributed by atoms with Crippen molar-refractivity contribution in [2.45, 2.75) is 19.9 Å². The Morgan fingerprint density at radius 1 is 1.30 bits per heavy atom. The third-order valence-electron chi connectivity index (χ3n) is 3.10. The Hall–Kier alpha value is -1.87. The van der Waals surface area contributed by atoms with Crippen LogP contribution in [0.4, 0.5) is 0 Å². The highest BCUT2D eigenvalue weighted by molar-refractivity contribution is 7.09. The third-order valence-corrected chi connectivity index (χ3v) is 3.97. The van der Waals surface area contributed by atoms with Gasteiger partial charge in [-0.05, 0) is 23.9 Å². The van der Waals surface area contributed by atoms with Crippen molar-refractivity contribution in [2.75, 3.05) is 6.54 Å². The summed E-state index contributed by atoms with van der Waals surface area (Å²) < 4.78 is 0. The number of thiophene rings is 1. The highest BCUT2D eigenvalue weighted by Gasteiger charge is 2.13. The summed E-state index contributed by atoms with van der Waals surface area (Å²) in [6.07, 6.45) is 2.22. The SMILES string of the molecule is C=CCN(Cc1cccs1)C(=O)Cc1ccc(C)cc1. The highest BCUT2D eigenvalue weighted by atomic mass is 32.1. The summed E-state index contributed by atoms with van der Waals surface area (Å²) in [5, 5.41) is 2.03. The molecule has 0 N–H and O–H groups in total. The van der Waals surface area contributed by atoms with Gasteiger partial charge in [0.2, 0.25) is 5.91 Å². The standard InChI is InChI=1S/C17H19NOS/c1-3-10-18(13-16-5-4-11-20-16)17(19)12-15-8-6-14(2)7-9-15/h3-9,11H,1,10,12-13H2,2H3. The van der Waals surface area contributed by atoms with Gasteiger partial charge in [-0.3, -0.25) is 4.79 Å². The molecular weight excluding hydrogens is 266 g/mol. The quantitative estimate of drug-likeness (QED) is 0.739. The first kappa shape index (κ1) is 14.5. The predicted octanol–water partition coefficient (Wildman–Crippen LogP) is 3.81. The van der Waals surface area contributed by atoms with E-state index in [0.717, 1.165) is 5.56 Å². The summed E-state index contributed by atoms with van der Waals surface area (Å²) in [7, 11) is 0. The van der Waals surface area contributed by atoms with Gasteiger partial charge in [-0.2, -0.15) is 0 Å². The fraction of sp³-hybridized carbons (Fsp3) is 0.235. The maximum Gasteiger partial charge on any atom is 0.227 e. The highest BCUT2D eigenvalue weighted by Crippen LogP contribution is 2.13. The maximum absolute atomic E-state index is 12.4. The number of carbonyl (C=O) groups excluding carboxylic acids is 1. The van der Waals surface area contributed by atoms with Crippen LogP contribution in [0.1, 0.15) is 16.0 Å². The van der Waals surface area contributed by atoms with Gasteiger partial charge < -0.3 is 4.90 Å². The number of hydrogen-bond acceptors (Lipinski definition) is 2. The number of nitrogens with zero attached hydrogens (tertiary/aromatic N) is 1. The molecule has 20 heavy (non-hydrogen) atoms. The van der Waals surface area contributed by atoms with Crippen molar-refractivity contribution in [3.05, 3.63) is 70.4 Å². The first-order valence-corrected chi connectivity index (χ1v) is 7.53. The molecular formula is C17H19NOS. The van der Waals surface area contributed by atoms with E-state index in [-0.39, 0.29) is 5.91 Å². The fourth-order valence-electron chi connectivity index (χ4n) is 1.99. The predicted molar refractivity (Wildman–Crippen MR) is 84.8 cm³/mol. The smallest absolute Gasteiger partial charge is 0.227 e. The summed E-state index contributed by atoms with van der Waals surface area (Å²) in [6.45, 7) is 7.04. The van der Waals surface area contributed by atoms with Crippen molar-refractivity contribution in [1.82, 2.24) is 4.90 Å². The Kier molecular flexibility index (Phi) is 5.13. The van der Waals surface area contributed by atoms with E-state index in [1.54, 1.807) is 17.4 Å². The topological polar surface area (TPSA) is 20.3 Å². The molecule has 0 unspecified atom stereocenters. The summed E-state index contributed by atoms with van der Waals surface area (Å²) in [5.41, 5.74) is 2.27. The van der Waals surface area contributed by atoms with Gasteiger partial charge in [0.1, 0.15) is 0 Å². The van der Waals surface area contributed by atoms with Crippen LogP contribution in [0.15, 0.2) is 54.4 Å². The molecule has 0 radical (unpaired) electrons. The molecule has 2 nitrogen and oxygen atoms in total. The van der Waals surface area contributed by atoms with Crippen LogP contribution in [0.3, 0.4) is 0 Å². The molecule has 2 rings (SSSR count). The maximum atomic E-state index is 12.4. The lowest BCUT2D eigenvalue weighted by atomic mass is 10.1. The molecule has 1 amide bonds. The lowest BCUT2D eigenvalue weighted by molar-refractivity contribution is -0.130. The molecule has 3 heteroatoms. The summed E-state index contributed by atoms with van der Waals surface area (Å²) in [5.74, 6) is 0.141. The van der Waals surface area contributed by atoms with E-state index in [4.69, 9.17) is 0 Å². The van der Waals surface area contributed by atoms with Crippen molar-refractivity contribution < 1.29 is 4.79 Å². The van der Waals surface area contributed by atoms with E-state index in [2.05, 4.69) is 12.6 Å². The lowest BCUT2D eigenvalue weighted by Crippen LogP contribution is -2.31. The van der Waals surface area contributed by atoms with Crippen LogP contribution in [0, 0.1) is 6.92 Å². The second kappa shape index (κ2) is 7.06. The Balaban J connectivity index is 2.02. The van der Waals surface area contributed by atoms with Crippen LogP contribution in [-0.4, -0.2) is 17.4 Å². The van der Waals surface area contributed by atoms with Gasteiger partial charge in [-0.25, -0.2) is 0 Å².